The maximum Gasteiger partial charge on any atom is 0.353 e. The fraction of sp³-hybridized carbons (Fsp3) is 0.389. The predicted molar refractivity (Wildman–Crippen MR) is 108 cm³/mol. The summed E-state index contributed by atoms with van der Waals surface area (Å²) in [6, 6.07) is 6.78. The average molecular weight is 401 g/mol. The minimum Gasteiger partial charge on any atom is -0.395 e. The van der Waals surface area contributed by atoms with Crippen molar-refractivity contribution >= 4 is 34.6 Å². The van der Waals surface area contributed by atoms with E-state index in [0.29, 0.717) is 44.1 Å². The second-order valence-corrected chi connectivity index (χ2v) is 6.59. The number of carbonyl (C=O) groups excluding carboxylic acids is 1. The molecule has 0 unspecified atom stereocenters. The Balaban J connectivity index is 1.80. The summed E-state index contributed by atoms with van der Waals surface area (Å²) in [5, 5.41) is 26.5. The monoisotopic (exact) mass is 401 g/mol. The Hall–Kier alpha value is -3.31. The second-order valence-electron chi connectivity index (χ2n) is 6.59. The number of nitrogens with zero attached hydrogens (tertiary/aromatic N) is 5. The number of hydrogen-bond acceptors (Lipinski definition) is 9. The van der Waals surface area contributed by atoms with E-state index in [2.05, 4.69) is 25.5 Å². The number of carbonyl (C=O) groups is 1. The number of piperazine rings is 1. The third kappa shape index (κ3) is 5.15. The Kier molecular flexibility index (Phi) is 6.52. The number of β-amino-alcohol motifs (C(OH)–C–C–N with tert-alkyl or cyclic N) is 1. The summed E-state index contributed by atoms with van der Waals surface area (Å²) in [5.74, 6) is 0.192. The van der Waals surface area contributed by atoms with Gasteiger partial charge in [-0.05, 0) is 24.3 Å². The summed E-state index contributed by atoms with van der Waals surface area (Å²) < 4.78 is 0. The van der Waals surface area contributed by atoms with E-state index < -0.39 is 4.92 Å². The molecule has 2 aromatic rings. The third-order valence-corrected chi connectivity index (χ3v) is 4.54. The van der Waals surface area contributed by atoms with Gasteiger partial charge < -0.3 is 20.6 Å². The molecule has 11 heteroatoms. The molecule has 1 fully saturated rings. The van der Waals surface area contributed by atoms with Gasteiger partial charge in [0.25, 0.3) is 0 Å². The number of benzene rings is 1. The number of aliphatic hydroxyl groups excluding tert-OH is 1. The third-order valence-electron chi connectivity index (χ3n) is 4.54. The summed E-state index contributed by atoms with van der Waals surface area (Å²) in [7, 11) is 0. The topological polar surface area (TPSA) is 137 Å². The molecule has 0 aliphatic carbocycles. The molecule has 3 rings (SSSR count). The van der Waals surface area contributed by atoms with Gasteiger partial charge in [-0.3, -0.25) is 19.8 Å². The van der Waals surface area contributed by atoms with Crippen LogP contribution in [0.1, 0.15) is 6.92 Å². The minimum absolute atomic E-state index is 0.0858. The van der Waals surface area contributed by atoms with E-state index in [9.17, 15) is 14.9 Å². The van der Waals surface area contributed by atoms with E-state index in [-0.39, 0.29) is 29.8 Å². The molecule has 0 spiro atoms. The Morgan fingerprint density at radius 3 is 2.41 bits per heavy atom. The number of aliphatic hydroxyl groups is 1. The molecule has 3 N–H and O–H groups in total. The summed E-state index contributed by atoms with van der Waals surface area (Å²) in [6.45, 7) is 4.61. The highest BCUT2D eigenvalue weighted by molar-refractivity contribution is 5.89. The van der Waals surface area contributed by atoms with Gasteiger partial charge in [-0.15, -0.1) is 0 Å². The van der Waals surface area contributed by atoms with Gasteiger partial charge in [0.15, 0.2) is 0 Å². The van der Waals surface area contributed by atoms with Crippen molar-refractivity contribution in [1.82, 2.24) is 14.9 Å². The normalized spacial score (nSPS) is 14.5. The van der Waals surface area contributed by atoms with Gasteiger partial charge in [0.05, 0.1) is 11.5 Å². The van der Waals surface area contributed by atoms with Crippen LogP contribution in [0.4, 0.5) is 28.7 Å². The quantitative estimate of drug-likeness (QED) is 0.461. The lowest BCUT2D eigenvalue weighted by Crippen LogP contribution is -2.47. The summed E-state index contributed by atoms with van der Waals surface area (Å²) >= 11 is 0. The lowest BCUT2D eigenvalue weighted by molar-refractivity contribution is -0.383. The lowest BCUT2D eigenvalue weighted by atomic mass is 10.2. The minimum atomic E-state index is -0.483. The number of nitro groups is 1. The number of aromatic nitrogens is 2. The number of rotatable bonds is 7. The zero-order valence-electron chi connectivity index (χ0n) is 16.0. The van der Waals surface area contributed by atoms with Crippen LogP contribution in [0.5, 0.6) is 0 Å². The van der Waals surface area contributed by atoms with Gasteiger partial charge in [0.1, 0.15) is 6.33 Å². The van der Waals surface area contributed by atoms with Gasteiger partial charge in [-0.25, -0.2) is 9.97 Å². The van der Waals surface area contributed by atoms with E-state index in [1.54, 1.807) is 24.3 Å². The molecule has 1 aliphatic rings. The number of amides is 1. The van der Waals surface area contributed by atoms with E-state index in [0.717, 1.165) is 0 Å². The zero-order valence-corrected chi connectivity index (χ0v) is 16.0. The van der Waals surface area contributed by atoms with Gasteiger partial charge in [-0.2, -0.15) is 0 Å². The van der Waals surface area contributed by atoms with Crippen molar-refractivity contribution in [2.45, 2.75) is 6.92 Å². The molecule has 0 atom stereocenters. The standard InChI is InChI=1S/C18H23N7O4/c1-13(27)21-14-2-4-15(5-3-14)22-17-16(25(28)29)18(20-12-19-17)24-8-6-23(7-9-24)10-11-26/h2-5,12,26H,6-11H2,1H3,(H,21,27)(H,19,20,22). The Morgan fingerprint density at radius 1 is 1.17 bits per heavy atom. The fourth-order valence-electron chi connectivity index (χ4n) is 3.16. The summed E-state index contributed by atoms with van der Waals surface area (Å²) in [4.78, 5) is 34.6. The largest absolute Gasteiger partial charge is 0.395 e. The molecule has 1 aromatic heterocycles. The maximum atomic E-state index is 11.8. The first-order chi connectivity index (χ1) is 14.0. The molecule has 1 saturated heterocycles. The van der Waals surface area contributed by atoms with Crippen molar-refractivity contribution < 1.29 is 14.8 Å². The molecular weight excluding hydrogens is 378 g/mol. The number of hydrogen-bond donors (Lipinski definition) is 3. The van der Waals surface area contributed by atoms with Crippen LogP contribution >= 0.6 is 0 Å². The van der Waals surface area contributed by atoms with Crippen molar-refractivity contribution in [1.29, 1.82) is 0 Å². The fourth-order valence-corrected chi connectivity index (χ4v) is 3.16. The highest BCUT2D eigenvalue weighted by Crippen LogP contribution is 2.34. The maximum absolute atomic E-state index is 11.8. The molecule has 2 heterocycles. The van der Waals surface area contributed by atoms with E-state index in [4.69, 9.17) is 5.11 Å². The Bertz CT molecular complexity index is 867. The van der Waals surface area contributed by atoms with Gasteiger partial charge in [0.2, 0.25) is 17.5 Å². The second kappa shape index (κ2) is 9.26. The van der Waals surface area contributed by atoms with E-state index in [1.165, 1.54) is 13.3 Å². The molecule has 1 aliphatic heterocycles. The lowest BCUT2D eigenvalue weighted by Gasteiger charge is -2.34. The molecule has 0 saturated carbocycles. The van der Waals surface area contributed by atoms with Crippen LogP contribution in [0, 0.1) is 10.1 Å². The van der Waals surface area contributed by atoms with Gasteiger partial charge in [-0.1, -0.05) is 0 Å². The first kappa shape index (κ1) is 20.4. The van der Waals surface area contributed by atoms with E-state index >= 15 is 0 Å². The number of anilines is 4. The van der Waals surface area contributed by atoms with Gasteiger partial charge in [0, 0.05) is 51.0 Å². The van der Waals surface area contributed by atoms with Crippen LogP contribution in [0.15, 0.2) is 30.6 Å². The van der Waals surface area contributed by atoms with Crippen molar-refractivity contribution in [2.75, 3.05) is 54.9 Å². The molecule has 1 amide bonds. The number of nitrogens with one attached hydrogen (secondary N) is 2. The molecular formula is C18H23N7O4. The Morgan fingerprint density at radius 2 is 1.83 bits per heavy atom. The zero-order chi connectivity index (χ0) is 20.8. The molecule has 1 aromatic carbocycles. The van der Waals surface area contributed by atoms with Crippen LogP contribution in [-0.4, -0.2) is 70.1 Å². The SMILES string of the molecule is CC(=O)Nc1ccc(Nc2ncnc(N3CCN(CCO)CC3)c2[N+](=O)[O-])cc1. The highest BCUT2D eigenvalue weighted by atomic mass is 16.6. The molecule has 154 valence electrons. The molecule has 11 nitrogen and oxygen atoms in total. The van der Waals surface area contributed by atoms with E-state index in [1.807, 2.05) is 4.90 Å². The van der Waals surface area contributed by atoms with Crippen LogP contribution in [-0.2, 0) is 4.79 Å². The van der Waals surface area contributed by atoms with Crippen molar-refractivity contribution in [3.63, 3.8) is 0 Å². The van der Waals surface area contributed by atoms with Crippen molar-refractivity contribution in [2.24, 2.45) is 0 Å². The highest BCUT2D eigenvalue weighted by Gasteiger charge is 2.29. The Labute approximate surface area is 167 Å². The molecule has 0 bridgehead atoms. The van der Waals surface area contributed by atoms with Crippen LogP contribution in [0.3, 0.4) is 0 Å². The smallest absolute Gasteiger partial charge is 0.353 e. The predicted octanol–water partition coefficient (Wildman–Crippen LogP) is 1.20. The van der Waals surface area contributed by atoms with Crippen LogP contribution in [0.25, 0.3) is 0 Å². The summed E-state index contributed by atoms with van der Waals surface area (Å²) in [5.41, 5.74) is 1.04. The molecule has 0 radical (unpaired) electrons. The van der Waals surface area contributed by atoms with Crippen LogP contribution < -0.4 is 15.5 Å². The first-order valence-electron chi connectivity index (χ1n) is 9.20. The van der Waals surface area contributed by atoms with Crippen molar-refractivity contribution in [3.8, 4) is 0 Å². The van der Waals surface area contributed by atoms with Crippen molar-refractivity contribution in [3.05, 3.63) is 40.7 Å². The van der Waals surface area contributed by atoms with Gasteiger partial charge >= 0.3 is 5.69 Å². The van der Waals surface area contributed by atoms with Crippen LogP contribution in [0.2, 0.25) is 0 Å². The average Bonchev–Trinajstić information content (AvgIpc) is 2.69. The first-order valence-corrected chi connectivity index (χ1v) is 9.20. The molecule has 29 heavy (non-hydrogen) atoms. The summed E-state index contributed by atoms with van der Waals surface area (Å²) in [6.07, 6.45) is 1.30.